The lowest BCUT2D eigenvalue weighted by Gasteiger charge is -2.07. The van der Waals surface area contributed by atoms with Gasteiger partial charge in [-0.3, -0.25) is 0 Å². The highest BCUT2D eigenvalue weighted by Gasteiger charge is 2.05. The molecule has 0 saturated carbocycles. The lowest BCUT2D eigenvalue weighted by atomic mass is 10.0. The van der Waals surface area contributed by atoms with Crippen LogP contribution in [0.2, 0.25) is 0 Å². The van der Waals surface area contributed by atoms with Crippen LogP contribution in [-0.4, -0.2) is 5.11 Å². The summed E-state index contributed by atoms with van der Waals surface area (Å²) < 4.78 is 0. The second kappa shape index (κ2) is 4.70. The third kappa shape index (κ3) is 2.28. The number of hydrogen-bond donors (Lipinski definition) is 2. The maximum Gasteiger partial charge on any atom is 0.123 e. The molecule has 1 aromatic carbocycles. The first-order valence-electron chi connectivity index (χ1n) is 4.90. The molecular formula is C12H17NO. The number of aliphatic hydroxyl groups is 1. The maximum absolute atomic E-state index is 9.90. The lowest BCUT2D eigenvalue weighted by Crippen LogP contribution is -1.95. The molecular weight excluding hydrogens is 174 g/mol. The Bertz CT molecular complexity index is 342. The Hall–Kier alpha value is -1.44. The standard InChI is InChI=1S/C12H17NO/c1-3-6-9(2)12(14)10-7-4-5-8-11(10)13/h4-5,7-8,14H,3,6,13H2,1-2H3/b12-9-. The minimum Gasteiger partial charge on any atom is -0.507 e. The Morgan fingerprint density at radius 1 is 1.36 bits per heavy atom. The first-order valence-corrected chi connectivity index (χ1v) is 4.90. The van der Waals surface area contributed by atoms with Gasteiger partial charge in [0, 0.05) is 11.3 Å². The van der Waals surface area contributed by atoms with Gasteiger partial charge in [-0.1, -0.05) is 25.5 Å². The molecule has 0 saturated heterocycles. The van der Waals surface area contributed by atoms with Gasteiger partial charge in [0.15, 0.2) is 0 Å². The molecule has 0 aliphatic carbocycles. The van der Waals surface area contributed by atoms with Crippen molar-refractivity contribution in [3.63, 3.8) is 0 Å². The third-order valence-corrected chi connectivity index (χ3v) is 2.25. The predicted molar refractivity (Wildman–Crippen MR) is 61.0 cm³/mol. The van der Waals surface area contributed by atoms with Gasteiger partial charge in [0.05, 0.1) is 0 Å². The van der Waals surface area contributed by atoms with Crippen LogP contribution in [0.5, 0.6) is 0 Å². The minimum atomic E-state index is 0.324. The molecule has 2 heteroatoms. The summed E-state index contributed by atoms with van der Waals surface area (Å²) in [6.45, 7) is 4.02. The molecule has 2 nitrogen and oxygen atoms in total. The van der Waals surface area contributed by atoms with Crippen LogP contribution in [0.15, 0.2) is 29.8 Å². The summed E-state index contributed by atoms with van der Waals surface area (Å²) in [6, 6.07) is 7.37. The lowest BCUT2D eigenvalue weighted by molar-refractivity contribution is 0.504. The molecule has 1 rings (SSSR count). The van der Waals surface area contributed by atoms with Crippen molar-refractivity contribution in [3.8, 4) is 0 Å². The summed E-state index contributed by atoms with van der Waals surface area (Å²) in [5, 5.41) is 9.90. The molecule has 0 fully saturated rings. The number of rotatable bonds is 3. The summed E-state index contributed by atoms with van der Waals surface area (Å²) in [7, 11) is 0. The van der Waals surface area contributed by atoms with E-state index in [0.29, 0.717) is 11.4 Å². The van der Waals surface area contributed by atoms with Crippen LogP contribution in [0.25, 0.3) is 5.76 Å². The largest absolute Gasteiger partial charge is 0.507 e. The normalized spacial score (nSPS) is 12.4. The van der Waals surface area contributed by atoms with Gasteiger partial charge < -0.3 is 10.8 Å². The van der Waals surface area contributed by atoms with E-state index in [1.807, 2.05) is 25.1 Å². The zero-order valence-electron chi connectivity index (χ0n) is 8.75. The van der Waals surface area contributed by atoms with E-state index in [4.69, 9.17) is 5.73 Å². The van der Waals surface area contributed by atoms with E-state index in [2.05, 4.69) is 6.92 Å². The van der Waals surface area contributed by atoms with Crippen molar-refractivity contribution < 1.29 is 5.11 Å². The number of nitrogen functional groups attached to an aromatic ring is 1. The Balaban J connectivity index is 3.05. The number of hydrogen-bond acceptors (Lipinski definition) is 2. The topological polar surface area (TPSA) is 46.2 Å². The van der Waals surface area contributed by atoms with Gasteiger partial charge in [0.2, 0.25) is 0 Å². The number of nitrogens with two attached hydrogens (primary N) is 1. The Kier molecular flexibility index (Phi) is 3.57. The second-order valence-corrected chi connectivity index (χ2v) is 3.47. The van der Waals surface area contributed by atoms with E-state index in [1.165, 1.54) is 0 Å². The van der Waals surface area contributed by atoms with Crippen LogP contribution in [0, 0.1) is 0 Å². The molecule has 1 aromatic rings. The van der Waals surface area contributed by atoms with Crippen LogP contribution in [-0.2, 0) is 0 Å². The smallest absolute Gasteiger partial charge is 0.123 e. The molecule has 0 atom stereocenters. The highest BCUT2D eigenvalue weighted by atomic mass is 16.3. The number of para-hydroxylation sites is 1. The summed E-state index contributed by atoms with van der Waals surface area (Å²) in [6.07, 6.45) is 1.93. The van der Waals surface area contributed by atoms with Crippen molar-refractivity contribution >= 4 is 11.4 Å². The maximum atomic E-state index is 9.90. The van der Waals surface area contributed by atoms with Crippen LogP contribution < -0.4 is 5.73 Å². The van der Waals surface area contributed by atoms with Gasteiger partial charge in [-0.15, -0.1) is 0 Å². The summed E-state index contributed by atoms with van der Waals surface area (Å²) in [5.74, 6) is 0.324. The first kappa shape index (κ1) is 10.6. The number of aliphatic hydroxyl groups excluding tert-OH is 1. The minimum absolute atomic E-state index is 0.324. The SMILES string of the molecule is CCC/C(C)=C(\O)c1ccccc1N. The van der Waals surface area contributed by atoms with Crippen molar-refractivity contribution in [2.75, 3.05) is 5.73 Å². The Morgan fingerprint density at radius 2 is 2.00 bits per heavy atom. The zero-order valence-corrected chi connectivity index (χ0v) is 8.75. The van der Waals surface area contributed by atoms with E-state index in [1.54, 1.807) is 6.07 Å². The molecule has 3 N–H and O–H groups in total. The number of anilines is 1. The predicted octanol–water partition coefficient (Wildman–Crippen LogP) is 3.36. The monoisotopic (exact) mass is 191 g/mol. The van der Waals surface area contributed by atoms with Crippen molar-refractivity contribution in [1.82, 2.24) is 0 Å². The molecule has 0 radical (unpaired) electrons. The van der Waals surface area contributed by atoms with Crippen molar-refractivity contribution in [2.24, 2.45) is 0 Å². The van der Waals surface area contributed by atoms with Gasteiger partial charge in [-0.05, 0) is 31.1 Å². The van der Waals surface area contributed by atoms with Crippen LogP contribution >= 0.6 is 0 Å². The fourth-order valence-corrected chi connectivity index (χ4v) is 1.44. The Labute approximate surface area is 85.1 Å². The molecule has 14 heavy (non-hydrogen) atoms. The average molecular weight is 191 g/mol. The van der Waals surface area contributed by atoms with Crippen LogP contribution in [0.3, 0.4) is 0 Å². The van der Waals surface area contributed by atoms with Crippen molar-refractivity contribution in [1.29, 1.82) is 0 Å². The molecule has 0 heterocycles. The van der Waals surface area contributed by atoms with Gasteiger partial charge in [-0.25, -0.2) is 0 Å². The molecule has 0 amide bonds. The molecule has 0 spiro atoms. The number of allylic oxidation sites excluding steroid dienone is 1. The average Bonchev–Trinajstić information content (AvgIpc) is 2.18. The van der Waals surface area contributed by atoms with Gasteiger partial charge in [0.25, 0.3) is 0 Å². The molecule has 0 aliphatic heterocycles. The van der Waals surface area contributed by atoms with Crippen LogP contribution in [0.4, 0.5) is 5.69 Å². The van der Waals surface area contributed by atoms with Crippen molar-refractivity contribution in [3.05, 3.63) is 35.4 Å². The molecule has 0 bridgehead atoms. The van der Waals surface area contributed by atoms with E-state index in [9.17, 15) is 5.11 Å². The van der Waals surface area contributed by atoms with E-state index < -0.39 is 0 Å². The fraction of sp³-hybridized carbons (Fsp3) is 0.333. The van der Waals surface area contributed by atoms with E-state index in [-0.39, 0.29) is 0 Å². The van der Waals surface area contributed by atoms with Gasteiger partial charge in [0.1, 0.15) is 5.76 Å². The van der Waals surface area contributed by atoms with Gasteiger partial charge in [-0.2, -0.15) is 0 Å². The molecule has 0 unspecified atom stereocenters. The summed E-state index contributed by atoms with van der Waals surface area (Å²) >= 11 is 0. The molecule has 76 valence electrons. The van der Waals surface area contributed by atoms with Crippen molar-refractivity contribution in [2.45, 2.75) is 26.7 Å². The first-order chi connectivity index (χ1) is 6.66. The highest BCUT2D eigenvalue weighted by molar-refractivity contribution is 5.71. The summed E-state index contributed by atoms with van der Waals surface area (Å²) in [4.78, 5) is 0. The molecule has 0 aromatic heterocycles. The molecule has 0 aliphatic rings. The van der Waals surface area contributed by atoms with Crippen LogP contribution in [0.1, 0.15) is 32.3 Å². The number of benzene rings is 1. The highest BCUT2D eigenvalue weighted by Crippen LogP contribution is 2.23. The fourth-order valence-electron chi connectivity index (χ4n) is 1.44. The van der Waals surface area contributed by atoms with E-state index >= 15 is 0 Å². The van der Waals surface area contributed by atoms with Gasteiger partial charge >= 0.3 is 0 Å². The Morgan fingerprint density at radius 3 is 2.57 bits per heavy atom. The second-order valence-electron chi connectivity index (χ2n) is 3.47. The van der Waals surface area contributed by atoms with E-state index in [0.717, 1.165) is 24.0 Å². The summed E-state index contributed by atoms with van der Waals surface area (Å²) in [5.41, 5.74) is 8.11. The zero-order chi connectivity index (χ0) is 10.6. The third-order valence-electron chi connectivity index (χ3n) is 2.25. The quantitative estimate of drug-likeness (QED) is 0.568.